The molecule has 86 valence electrons. The van der Waals surface area contributed by atoms with E-state index in [4.69, 9.17) is 0 Å². The smallest absolute Gasteiger partial charge is 0.159 e. The largest absolute Gasteiger partial charge is 0.351 e. The van der Waals surface area contributed by atoms with Crippen LogP contribution in [0.5, 0.6) is 0 Å². The molecular formula is C11H19BrN2S. The van der Waals surface area contributed by atoms with Gasteiger partial charge >= 0.3 is 0 Å². The molecule has 2 atom stereocenters. The molecular weight excluding hydrogens is 272 g/mol. The fraction of sp³-hybridized carbons (Fsp3) is 0.909. The van der Waals surface area contributed by atoms with Gasteiger partial charge in [0.2, 0.25) is 0 Å². The molecule has 2 aliphatic heterocycles. The third kappa shape index (κ3) is 2.90. The minimum Gasteiger partial charge on any atom is -0.351 e. The van der Waals surface area contributed by atoms with E-state index >= 15 is 0 Å². The molecule has 0 bridgehead atoms. The van der Waals surface area contributed by atoms with Crippen LogP contribution in [0, 0.1) is 5.92 Å². The van der Waals surface area contributed by atoms with E-state index in [0.29, 0.717) is 5.25 Å². The molecule has 2 unspecified atom stereocenters. The molecule has 0 aromatic heterocycles. The number of alkyl halides is 1. The van der Waals surface area contributed by atoms with Gasteiger partial charge in [-0.1, -0.05) is 41.0 Å². The van der Waals surface area contributed by atoms with Crippen LogP contribution in [0.25, 0.3) is 0 Å². The van der Waals surface area contributed by atoms with Gasteiger partial charge in [-0.15, -0.1) is 0 Å². The summed E-state index contributed by atoms with van der Waals surface area (Å²) >= 11 is 5.50. The number of thioether (sulfide) groups is 1. The van der Waals surface area contributed by atoms with Crippen molar-refractivity contribution in [1.29, 1.82) is 0 Å². The monoisotopic (exact) mass is 290 g/mol. The molecule has 1 fully saturated rings. The molecule has 0 aromatic rings. The maximum Gasteiger partial charge on any atom is 0.159 e. The Kier molecular flexibility index (Phi) is 4.38. The fourth-order valence-electron chi connectivity index (χ4n) is 2.23. The number of hydrogen-bond donors (Lipinski definition) is 0. The Hall–Kier alpha value is 0.300. The zero-order valence-corrected chi connectivity index (χ0v) is 11.7. The van der Waals surface area contributed by atoms with Gasteiger partial charge < -0.3 is 4.90 Å². The molecule has 2 heterocycles. The first-order valence-corrected chi connectivity index (χ1v) is 7.85. The third-order valence-electron chi connectivity index (χ3n) is 3.24. The van der Waals surface area contributed by atoms with Crippen LogP contribution in [0.3, 0.4) is 0 Å². The van der Waals surface area contributed by atoms with Crippen LogP contribution in [0.15, 0.2) is 4.99 Å². The number of halogens is 1. The fourth-order valence-corrected chi connectivity index (χ4v) is 3.81. The molecule has 15 heavy (non-hydrogen) atoms. The maximum absolute atomic E-state index is 4.66. The molecule has 0 spiro atoms. The van der Waals surface area contributed by atoms with Gasteiger partial charge in [-0.3, -0.25) is 4.99 Å². The molecule has 2 aliphatic rings. The summed E-state index contributed by atoms with van der Waals surface area (Å²) in [7, 11) is 0. The van der Waals surface area contributed by atoms with Gasteiger partial charge in [0.1, 0.15) is 0 Å². The zero-order chi connectivity index (χ0) is 10.7. The van der Waals surface area contributed by atoms with Crippen LogP contribution in [0.2, 0.25) is 0 Å². The Labute approximate surface area is 105 Å². The normalized spacial score (nSPS) is 31.9. The number of hydrogen-bond acceptors (Lipinski definition) is 3. The minimum absolute atomic E-state index is 0.669. The van der Waals surface area contributed by atoms with Crippen LogP contribution in [-0.4, -0.2) is 40.3 Å². The van der Waals surface area contributed by atoms with E-state index in [9.17, 15) is 0 Å². The van der Waals surface area contributed by atoms with Crippen LogP contribution >= 0.6 is 27.7 Å². The standard InChI is InChI=1S/C11H19BrN2S/c1-2-9-4-3-5-14(8-9)11-13-7-10(6-12)15-11/h9-10H,2-8H2,1H3. The van der Waals surface area contributed by atoms with Crippen molar-refractivity contribution < 1.29 is 0 Å². The quantitative estimate of drug-likeness (QED) is 0.727. The molecule has 2 nitrogen and oxygen atoms in total. The summed E-state index contributed by atoms with van der Waals surface area (Å²) in [5.41, 5.74) is 0. The lowest BCUT2D eigenvalue weighted by Crippen LogP contribution is -2.38. The van der Waals surface area contributed by atoms with Crippen molar-refractivity contribution in [3.05, 3.63) is 0 Å². The lowest BCUT2D eigenvalue weighted by molar-refractivity contribution is 0.257. The Morgan fingerprint density at radius 1 is 1.60 bits per heavy atom. The Bertz CT molecular complexity index is 245. The summed E-state index contributed by atoms with van der Waals surface area (Å²) in [5, 5.41) is 3.04. The van der Waals surface area contributed by atoms with Crippen molar-refractivity contribution in [1.82, 2.24) is 4.90 Å². The Morgan fingerprint density at radius 3 is 3.13 bits per heavy atom. The summed E-state index contributed by atoms with van der Waals surface area (Å²) in [6.07, 6.45) is 4.07. The number of nitrogens with zero attached hydrogens (tertiary/aromatic N) is 2. The van der Waals surface area contributed by atoms with Crippen LogP contribution in [0.1, 0.15) is 26.2 Å². The van der Waals surface area contributed by atoms with Crippen molar-refractivity contribution in [2.75, 3.05) is 25.0 Å². The van der Waals surface area contributed by atoms with Crippen molar-refractivity contribution in [2.45, 2.75) is 31.4 Å². The summed E-state index contributed by atoms with van der Waals surface area (Å²) in [4.78, 5) is 7.16. The van der Waals surface area contributed by atoms with E-state index < -0.39 is 0 Å². The SMILES string of the molecule is CCC1CCCN(C2=NCC(CBr)S2)C1. The Morgan fingerprint density at radius 2 is 2.47 bits per heavy atom. The van der Waals surface area contributed by atoms with E-state index in [1.807, 2.05) is 11.8 Å². The number of aliphatic imine (C=N–C) groups is 1. The van der Waals surface area contributed by atoms with Gasteiger partial charge in [-0.05, 0) is 18.8 Å². The number of piperidine rings is 1. The topological polar surface area (TPSA) is 15.6 Å². The molecule has 0 aliphatic carbocycles. The summed E-state index contributed by atoms with van der Waals surface area (Å²) in [6, 6.07) is 0. The van der Waals surface area contributed by atoms with Gasteiger partial charge in [-0.2, -0.15) is 0 Å². The minimum atomic E-state index is 0.669. The molecule has 1 saturated heterocycles. The van der Waals surface area contributed by atoms with Crippen LogP contribution in [0.4, 0.5) is 0 Å². The van der Waals surface area contributed by atoms with Crippen LogP contribution in [-0.2, 0) is 0 Å². The predicted octanol–water partition coefficient (Wildman–Crippen LogP) is 2.97. The first kappa shape index (κ1) is 11.8. The highest BCUT2D eigenvalue weighted by atomic mass is 79.9. The highest BCUT2D eigenvalue weighted by molar-refractivity contribution is 9.09. The molecule has 0 amide bonds. The highest BCUT2D eigenvalue weighted by Crippen LogP contribution is 2.28. The number of rotatable bonds is 2. The number of likely N-dealkylation sites (tertiary alicyclic amines) is 1. The Balaban J connectivity index is 1.88. The van der Waals surface area contributed by atoms with Gasteiger partial charge in [0, 0.05) is 23.7 Å². The molecule has 0 radical (unpaired) electrons. The zero-order valence-electron chi connectivity index (χ0n) is 9.29. The van der Waals surface area contributed by atoms with Crippen molar-refractivity contribution in [2.24, 2.45) is 10.9 Å². The molecule has 0 N–H and O–H groups in total. The van der Waals surface area contributed by atoms with Crippen molar-refractivity contribution in [3.63, 3.8) is 0 Å². The second kappa shape index (κ2) is 5.58. The van der Waals surface area contributed by atoms with E-state index in [1.54, 1.807) is 0 Å². The second-order valence-electron chi connectivity index (χ2n) is 4.38. The lowest BCUT2D eigenvalue weighted by Gasteiger charge is -2.33. The highest BCUT2D eigenvalue weighted by Gasteiger charge is 2.26. The van der Waals surface area contributed by atoms with Gasteiger partial charge in [0.05, 0.1) is 6.54 Å². The maximum atomic E-state index is 4.66. The van der Waals surface area contributed by atoms with E-state index in [2.05, 4.69) is 32.7 Å². The predicted molar refractivity (Wildman–Crippen MR) is 72.1 cm³/mol. The second-order valence-corrected chi connectivity index (χ2v) is 6.29. The average molecular weight is 291 g/mol. The molecule has 0 saturated carbocycles. The van der Waals surface area contributed by atoms with E-state index in [0.717, 1.165) is 17.8 Å². The molecule has 4 heteroatoms. The summed E-state index contributed by atoms with van der Waals surface area (Å²) < 4.78 is 0. The average Bonchev–Trinajstić information content (AvgIpc) is 2.78. The first-order chi connectivity index (χ1) is 7.33. The lowest BCUT2D eigenvalue weighted by atomic mass is 9.96. The van der Waals surface area contributed by atoms with Crippen LogP contribution < -0.4 is 0 Å². The van der Waals surface area contributed by atoms with Gasteiger partial charge in [-0.25, -0.2) is 0 Å². The van der Waals surface area contributed by atoms with E-state index in [-0.39, 0.29) is 0 Å². The summed E-state index contributed by atoms with van der Waals surface area (Å²) in [5.74, 6) is 0.894. The molecule has 2 rings (SSSR count). The van der Waals surface area contributed by atoms with Crippen molar-refractivity contribution >= 4 is 32.9 Å². The third-order valence-corrected chi connectivity index (χ3v) is 5.70. The van der Waals surface area contributed by atoms with Gasteiger partial charge in [0.15, 0.2) is 5.17 Å². The molecule has 0 aromatic carbocycles. The number of amidine groups is 1. The summed E-state index contributed by atoms with van der Waals surface area (Å²) in [6.45, 7) is 5.76. The first-order valence-electron chi connectivity index (χ1n) is 5.85. The van der Waals surface area contributed by atoms with E-state index in [1.165, 1.54) is 37.5 Å². The van der Waals surface area contributed by atoms with Crippen molar-refractivity contribution in [3.8, 4) is 0 Å². The van der Waals surface area contributed by atoms with Gasteiger partial charge in [0.25, 0.3) is 0 Å².